The lowest BCUT2D eigenvalue weighted by molar-refractivity contribution is 0.833. The van der Waals surface area contributed by atoms with Crippen LogP contribution in [0.4, 0.5) is 11.5 Å². The van der Waals surface area contributed by atoms with Gasteiger partial charge in [-0.05, 0) is 18.6 Å². The molecule has 1 aromatic rings. The van der Waals surface area contributed by atoms with Gasteiger partial charge in [0.25, 0.3) is 0 Å². The highest BCUT2D eigenvalue weighted by Crippen LogP contribution is 2.11. The van der Waals surface area contributed by atoms with Crippen LogP contribution in [-0.2, 0) is 0 Å². The van der Waals surface area contributed by atoms with E-state index in [0.29, 0.717) is 0 Å². The van der Waals surface area contributed by atoms with Crippen LogP contribution in [0.2, 0.25) is 0 Å². The summed E-state index contributed by atoms with van der Waals surface area (Å²) in [7, 11) is 3.99. The number of hydrogen-bond donors (Lipinski definition) is 1. The van der Waals surface area contributed by atoms with Crippen LogP contribution < -0.4 is 10.2 Å². The number of pyridine rings is 1. The lowest BCUT2D eigenvalue weighted by Gasteiger charge is -2.11. The van der Waals surface area contributed by atoms with Crippen LogP contribution in [-0.4, -0.2) is 25.6 Å². The van der Waals surface area contributed by atoms with Crippen LogP contribution in [0, 0.1) is 0 Å². The summed E-state index contributed by atoms with van der Waals surface area (Å²) >= 11 is 0. The van der Waals surface area contributed by atoms with E-state index in [1.54, 1.807) is 0 Å². The van der Waals surface area contributed by atoms with E-state index in [1.807, 2.05) is 31.3 Å². The van der Waals surface area contributed by atoms with E-state index in [0.717, 1.165) is 18.1 Å². The molecule has 3 nitrogen and oxygen atoms in total. The maximum atomic E-state index is 4.32. The van der Waals surface area contributed by atoms with Gasteiger partial charge in [0.15, 0.2) is 0 Å². The molecule has 0 fully saturated rings. The zero-order valence-electron chi connectivity index (χ0n) is 9.25. The Morgan fingerprint density at radius 3 is 2.64 bits per heavy atom. The Hall–Kier alpha value is -1.25. The van der Waals surface area contributed by atoms with E-state index in [9.17, 15) is 0 Å². The Morgan fingerprint density at radius 1 is 1.36 bits per heavy atom. The highest BCUT2D eigenvalue weighted by molar-refractivity contribution is 5.47. The first-order valence-corrected chi connectivity index (χ1v) is 5.11. The summed E-state index contributed by atoms with van der Waals surface area (Å²) in [5, 5.41) is 3.33. The van der Waals surface area contributed by atoms with Crippen molar-refractivity contribution >= 4 is 11.5 Å². The quantitative estimate of drug-likeness (QED) is 0.728. The molecule has 0 radical (unpaired) electrons. The second kappa shape index (κ2) is 5.47. The lowest BCUT2D eigenvalue weighted by atomic mass is 10.3. The van der Waals surface area contributed by atoms with Crippen LogP contribution in [0.15, 0.2) is 18.3 Å². The van der Waals surface area contributed by atoms with Crippen LogP contribution in [0.25, 0.3) is 0 Å². The molecule has 0 aromatic carbocycles. The van der Waals surface area contributed by atoms with Gasteiger partial charge in [-0.1, -0.05) is 13.3 Å². The minimum absolute atomic E-state index is 0.992. The second-order valence-corrected chi connectivity index (χ2v) is 3.58. The number of aromatic nitrogens is 1. The molecule has 0 aliphatic carbocycles. The lowest BCUT2D eigenvalue weighted by Crippen LogP contribution is -2.10. The third-order valence-corrected chi connectivity index (χ3v) is 2.07. The van der Waals surface area contributed by atoms with E-state index in [-0.39, 0.29) is 0 Å². The first kappa shape index (κ1) is 10.8. The SMILES string of the molecule is CCCCNc1ccc(N(C)C)nc1. The first-order valence-electron chi connectivity index (χ1n) is 5.11. The van der Waals surface area contributed by atoms with Crippen LogP contribution in [0.3, 0.4) is 0 Å². The number of anilines is 2. The van der Waals surface area contributed by atoms with Crippen molar-refractivity contribution in [2.45, 2.75) is 19.8 Å². The summed E-state index contributed by atoms with van der Waals surface area (Å²) in [6.45, 7) is 3.22. The summed E-state index contributed by atoms with van der Waals surface area (Å²) in [5.74, 6) is 0.992. The molecular weight excluding hydrogens is 174 g/mol. The average molecular weight is 193 g/mol. The molecule has 0 unspecified atom stereocenters. The minimum Gasteiger partial charge on any atom is -0.384 e. The molecule has 0 bridgehead atoms. The van der Waals surface area contributed by atoms with Crippen molar-refractivity contribution in [2.24, 2.45) is 0 Å². The number of unbranched alkanes of at least 4 members (excludes halogenated alkanes) is 1. The zero-order chi connectivity index (χ0) is 10.4. The molecule has 0 aliphatic heterocycles. The normalized spacial score (nSPS) is 9.93. The third kappa shape index (κ3) is 3.24. The Morgan fingerprint density at radius 2 is 2.14 bits per heavy atom. The molecule has 0 atom stereocenters. The van der Waals surface area contributed by atoms with E-state index >= 15 is 0 Å². The summed E-state index contributed by atoms with van der Waals surface area (Å²) in [4.78, 5) is 6.32. The summed E-state index contributed by atoms with van der Waals surface area (Å²) in [5.41, 5.74) is 1.10. The summed E-state index contributed by atoms with van der Waals surface area (Å²) in [6.07, 6.45) is 4.30. The summed E-state index contributed by atoms with van der Waals surface area (Å²) in [6, 6.07) is 4.09. The average Bonchev–Trinajstić information content (AvgIpc) is 2.19. The molecular formula is C11H19N3. The molecule has 14 heavy (non-hydrogen) atoms. The molecule has 1 aromatic heterocycles. The van der Waals surface area contributed by atoms with E-state index in [2.05, 4.69) is 23.3 Å². The smallest absolute Gasteiger partial charge is 0.128 e. The Labute approximate surface area is 86.2 Å². The molecule has 1 heterocycles. The number of rotatable bonds is 5. The van der Waals surface area contributed by atoms with Crippen LogP contribution in [0.1, 0.15) is 19.8 Å². The van der Waals surface area contributed by atoms with Gasteiger partial charge >= 0.3 is 0 Å². The van der Waals surface area contributed by atoms with Gasteiger partial charge in [0.2, 0.25) is 0 Å². The number of nitrogens with one attached hydrogen (secondary N) is 1. The van der Waals surface area contributed by atoms with Gasteiger partial charge in [-0.25, -0.2) is 4.98 Å². The van der Waals surface area contributed by atoms with E-state index in [4.69, 9.17) is 0 Å². The Bertz CT molecular complexity index is 254. The fraction of sp³-hybridized carbons (Fsp3) is 0.545. The summed E-state index contributed by atoms with van der Waals surface area (Å²) < 4.78 is 0. The first-order chi connectivity index (χ1) is 6.74. The molecule has 0 spiro atoms. The van der Waals surface area contributed by atoms with Crippen molar-refractivity contribution < 1.29 is 0 Å². The predicted molar refractivity (Wildman–Crippen MR) is 62.0 cm³/mol. The van der Waals surface area contributed by atoms with E-state index in [1.165, 1.54) is 12.8 Å². The largest absolute Gasteiger partial charge is 0.384 e. The standard InChI is InChI=1S/C11H19N3/c1-4-5-8-12-10-6-7-11(13-9-10)14(2)3/h6-7,9,12H,4-5,8H2,1-3H3. The molecule has 1 rings (SSSR count). The maximum absolute atomic E-state index is 4.32. The predicted octanol–water partition coefficient (Wildman–Crippen LogP) is 2.36. The molecule has 0 aliphatic rings. The van der Waals surface area contributed by atoms with Gasteiger partial charge in [-0.2, -0.15) is 0 Å². The van der Waals surface area contributed by atoms with Crippen LogP contribution >= 0.6 is 0 Å². The fourth-order valence-electron chi connectivity index (χ4n) is 1.16. The van der Waals surface area contributed by atoms with Gasteiger partial charge in [0.1, 0.15) is 5.82 Å². The monoisotopic (exact) mass is 193 g/mol. The molecule has 0 amide bonds. The van der Waals surface area contributed by atoms with Crippen molar-refractivity contribution in [3.8, 4) is 0 Å². The fourth-order valence-corrected chi connectivity index (χ4v) is 1.16. The van der Waals surface area contributed by atoms with Crippen molar-refractivity contribution in [2.75, 3.05) is 30.9 Å². The third-order valence-electron chi connectivity index (χ3n) is 2.07. The van der Waals surface area contributed by atoms with Gasteiger partial charge in [-0.3, -0.25) is 0 Å². The topological polar surface area (TPSA) is 28.2 Å². The van der Waals surface area contributed by atoms with Gasteiger partial charge < -0.3 is 10.2 Å². The highest BCUT2D eigenvalue weighted by atomic mass is 15.1. The van der Waals surface area contributed by atoms with Crippen LogP contribution in [0.5, 0.6) is 0 Å². The number of hydrogen-bond acceptors (Lipinski definition) is 3. The van der Waals surface area contributed by atoms with Crippen molar-refractivity contribution in [1.82, 2.24) is 4.98 Å². The molecule has 78 valence electrons. The number of nitrogens with zero attached hydrogens (tertiary/aromatic N) is 2. The van der Waals surface area contributed by atoms with Crippen molar-refractivity contribution in [3.63, 3.8) is 0 Å². The van der Waals surface area contributed by atoms with Gasteiger partial charge in [0, 0.05) is 20.6 Å². The van der Waals surface area contributed by atoms with E-state index < -0.39 is 0 Å². The highest BCUT2D eigenvalue weighted by Gasteiger charge is 1.96. The molecule has 1 N–H and O–H groups in total. The Kier molecular flexibility index (Phi) is 4.23. The zero-order valence-corrected chi connectivity index (χ0v) is 9.25. The molecule has 0 saturated heterocycles. The molecule has 3 heteroatoms. The maximum Gasteiger partial charge on any atom is 0.128 e. The van der Waals surface area contributed by atoms with Gasteiger partial charge in [0.05, 0.1) is 11.9 Å². The van der Waals surface area contributed by atoms with Crippen molar-refractivity contribution in [1.29, 1.82) is 0 Å². The molecule has 0 saturated carbocycles. The minimum atomic E-state index is 0.992. The van der Waals surface area contributed by atoms with Gasteiger partial charge in [-0.15, -0.1) is 0 Å². The second-order valence-electron chi connectivity index (χ2n) is 3.58. The van der Waals surface area contributed by atoms with Crippen molar-refractivity contribution in [3.05, 3.63) is 18.3 Å². The Balaban J connectivity index is 2.47.